The van der Waals surface area contributed by atoms with Gasteiger partial charge in [-0.2, -0.15) is 15.0 Å². The van der Waals surface area contributed by atoms with E-state index in [1.54, 1.807) is 24.3 Å². The van der Waals surface area contributed by atoms with Crippen LogP contribution in [0.1, 0.15) is 10.4 Å². The number of carboxylic acid groups (broad SMARTS) is 1. The number of carbonyl (C=O) groups is 1. The van der Waals surface area contributed by atoms with Crippen molar-refractivity contribution in [3.63, 3.8) is 0 Å². The Kier molecular flexibility index (Phi) is 5.59. The van der Waals surface area contributed by atoms with E-state index in [-0.39, 0.29) is 44.5 Å². The quantitative estimate of drug-likeness (QED) is 0.219. The predicted molar refractivity (Wildman–Crippen MR) is 130 cm³/mol. The van der Waals surface area contributed by atoms with Gasteiger partial charge >= 0.3 is 5.97 Å². The molecule has 2 aromatic carbocycles. The zero-order chi connectivity index (χ0) is 24.7. The Bertz CT molecular complexity index is 1670. The monoisotopic (exact) mass is 507 g/mol. The van der Waals surface area contributed by atoms with Gasteiger partial charge in [-0.05, 0) is 70.3 Å². The van der Waals surface area contributed by atoms with Gasteiger partial charge in [-0.3, -0.25) is 4.79 Å². The molecule has 2 heterocycles. The Morgan fingerprint density at radius 2 is 1.69 bits per heavy atom. The fraction of sp³-hybridized carbons (Fsp3) is 0. The fourth-order valence-electron chi connectivity index (χ4n) is 3.73. The van der Waals surface area contributed by atoms with E-state index in [0.29, 0.717) is 27.8 Å². The van der Waals surface area contributed by atoms with Crippen molar-refractivity contribution < 1.29 is 14.3 Å². The van der Waals surface area contributed by atoms with Crippen molar-refractivity contribution in [2.45, 2.75) is 0 Å². The molecule has 0 radical (unpaired) electrons. The van der Waals surface area contributed by atoms with Crippen molar-refractivity contribution in [1.82, 2.24) is 15.0 Å². The smallest absolute Gasteiger partial charge is 0.336 e. The number of hydrogen-bond donors (Lipinski definition) is 2. The maximum Gasteiger partial charge on any atom is 0.336 e. The first-order chi connectivity index (χ1) is 16.8. The Balaban J connectivity index is 1.74. The molecule has 0 saturated carbocycles. The van der Waals surface area contributed by atoms with Crippen LogP contribution in [-0.4, -0.2) is 26.0 Å². The number of nitroso groups, excluding NO2 is 1. The summed E-state index contributed by atoms with van der Waals surface area (Å²) in [5.41, 5.74) is 1.78. The number of carboxylic acids is 1. The van der Waals surface area contributed by atoms with Crippen molar-refractivity contribution >= 4 is 57.5 Å². The molecular formula is C23H11Cl2N5O5. The van der Waals surface area contributed by atoms with E-state index in [9.17, 15) is 19.6 Å². The highest BCUT2D eigenvalue weighted by molar-refractivity contribution is 6.31. The Morgan fingerprint density at radius 1 is 0.943 bits per heavy atom. The number of fused-ring (bicyclic) bond motifs is 2. The summed E-state index contributed by atoms with van der Waals surface area (Å²) in [7, 11) is 0. The van der Waals surface area contributed by atoms with Crippen LogP contribution in [0.5, 0.6) is 0 Å². The molecule has 0 atom stereocenters. The highest BCUT2D eigenvalue weighted by Gasteiger charge is 2.22. The summed E-state index contributed by atoms with van der Waals surface area (Å²) in [6.45, 7) is 0. The van der Waals surface area contributed by atoms with Crippen LogP contribution in [0.25, 0.3) is 33.4 Å². The number of aromatic nitrogens is 3. The lowest BCUT2D eigenvalue weighted by atomic mass is 9.90. The molecule has 12 heteroatoms. The van der Waals surface area contributed by atoms with Gasteiger partial charge in [0.05, 0.1) is 5.56 Å². The van der Waals surface area contributed by atoms with Crippen LogP contribution in [0, 0.1) is 4.91 Å². The van der Waals surface area contributed by atoms with Gasteiger partial charge in [0, 0.05) is 34.3 Å². The van der Waals surface area contributed by atoms with Crippen LogP contribution in [0.2, 0.25) is 10.6 Å². The number of anilines is 2. The first kappa shape index (κ1) is 22.4. The highest BCUT2D eigenvalue weighted by Crippen LogP contribution is 2.42. The van der Waals surface area contributed by atoms with Crippen molar-refractivity contribution in [2.75, 3.05) is 5.32 Å². The average molecular weight is 508 g/mol. The van der Waals surface area contributed by atoms with Crippen LogP contribution in [0.3, 0.4) is 0 Å². The largest absolute Gasteiger partial charge is 0.478 e. The van der Waals surface area contributed by atoms with Gasteiger partial charge in [0.15, 0.2) is 5.43 Å². The molecule has 172 valence electrons. The SMILES string of the molecule is O=Nc1ccc2c(-c3ccc(Nc4nc(Cl)nc(Cl)n4)cc3C(=O)O)c3ccc(=O)cc-3oc2c1. The molecule has 0 spiro atoms. The molecule has 35 heavy (non-hydrogen) atoms. The molecule has 1 aliphatic heterocycles. The van der Waals surface area contributed by atoms with Gasteiger partial charge in [-0.25, -0.2) is 4.79 Å². The molecule has 10 nitrogen and oxygen atoms in total. The molecule has 1 aromatic heterocycles. The van der Waals surface area contributed by atoms with Crippen LogP contribution in [0.4, 0.5) is 17.3 Å². The molecule has 2 aliphatic rings. The summed E-state index contributed by atoms with van der Waals surface area (Å²) in [6.07, 6.45) is 0. The third-order valence-electron chi connectivity index (χ3n) is 5.14. The second-order valence-corrected chi connectivity index (χ2v) is 7.97. The molecule has 5 rings (SSSR count). The molecule has 0 unspecified atom stereocenters. The molecule has 1 aliphatic carbocycles. The van der Waals surface area contributed by atoms with E-state index >= 15 is 0 Å². The van der Waals surface area contributed by atoms with Crippen LogP contribution < -0.4 is 10.7 Å². The fourth-order valence-corrected chi connectivity index (χ4v) is 4.10. The van der Waals surface area contributed by atoms with Gasteiger partial charge in [0.25, 0.3) is 0 Å². The van der Waals surface area contributed by atoms with Crippen molar-refractivity contribution in [3.8, 4) is 22.5 Å². The van der Waals surface area contributed by atoms with Gasteiger partial charge in [0.1, 0.15) is 17.0 Å². The van der Waals surface area contributed by atoms with Crippen LogP contribution in [-0.2, 0) is 0 Å². The molecule has 3 aromatic rings. The van der Waals surface area contributed by atoms with Crippen molar-refractivity contribution in [1.29, 1.82) is 0 Å². The summed E-state index contributed by atoms with van der Waals surface area (Å²) >= 11 is 11.6. The van der Waals surface area contributed by atoms with Gasteiger partial charge in [-0.15, -0.1) is 4.91 Å². The maximum absolute atomic E-state index is 12.3. The summed E-state index contributed by atoms with van der Waals surface area (Å²) in [5.74, 6) is -0.939. The zero-order valence-corrected chi connectivity index (χ0v) is 18.8. The normalized spacial score (nSPS) is 11.0. The number of nitrogens with zero attached hydrogens (tertiary/aromatic N) is 4. The topological polar surface area (TPSA) is 148 Å². The molecule has 0 fully saturated rings. The molecular weight excluding hydrogens is 497 g/mol. The van der Waals surface area contributed by atoms with E-state index in [2.05, 4.69) is 25.4 Å². The number of benzene rings is 3. The molecule has 0 amide bonds. The van der Waals surface area contributed by atoms with Crippen molar-refractivity contribution in [3.05, 3.63) is 85.9 Å². The van der Waals surface area contributed by atoms with Crippen molar-refractivity contribution in [2.24, 2.45) is 5.18 Å². The number of aromatic carboxylic acids is 1. The standard InChI is InChI=1S/C23H11Cl2N5O5/c24-21-27-22(25)29-23(28-21)26-10-1-4-13(16(7-10)20(32)33)19-14-5-2-11(30-34)8-17(14)35-18-9-12(31)3-6-15(18)19/h1-9H,(H,32,33)(H,26,27,28,29). The minimum atomic E-state index is -1.20. The minimum absolute atomic E-state index is 0.0327. The van der Waals surface area contributed by atoms with Crippen LogP contribution in [0.15, 0.2) is 69.0 Å². The van der Waals surface area contributed by atoms with E-state index in [4.69, 9.17) is 27.6 Å². The summed E-state index contributed by atoms with van der Waals surface area (Å²) < 4.78 is 5.85. The Morgan fingerprint density at radius 3 is 2.40 bits per heavy atom. The van der Waals surface area contributed by atoms with E-state index < -0.39 is 5.97 Å². The summed E-state index contributed by atoms with van der Waals surface area (Å²) in [4.78, 5) is 46.8. The lowest BCUT2D eigenvalue weighted by molar-refractivity contribution is 0.0698. The third kappa shape index (κ3) is 4.27. The van der Waals surface area contributed by atoms with Gasteiger partial charge in [0.2, 0.25) is 16.5 Å². The molecule has 0 bridgehead atoms. The predicted octanol–water partition coefficient (Wildman–Crippen LogP) is 5.90. The second-order valence-electron chi connectivity index (χ2n) is 7.29. The summed E-state index contributed by atoms with van der Waals surface area (Å²) in [6, 6.07) is 13.4. The number of nitrogens with one attached hydrogen (secondary N) is 1. The Labute approximate surface area is 205 Å². The highest BCUT2D eigenvalue weighted by atomic mass is 35.5. The van der Waals surface area contributed by atoms with E-state index in [1.807, 2.05) is 0 Å². The van der Waals surface area contributed by atoms with Gasteiger partial charge < -0.3 is 14.8 Å². The van der Waals surface area contributed by atoms with E-state index in [1.165, 1.54) is 30.3 Å². The number of hydrogen-bond acceptors (Lipinski definition) is 9. The maximum atomic E-state index is 12.3. The number of rotatable bonds is 5. The first-order valence-corrected chi connectivity index (χ1v) is 10.6. The first-order valence-electron chi connectivity index (χ1n) is 9.88. The zero-order valence-electron chi connectivity index (χ0n) is 17.3. The third-order valence-corrected chi connectivity index (χ3v) is 5.48. The lowest BCUT2D eigenvalue weighted by Gasteiger charge is -2.17. The Hall–Kier alpha value is -4.41. The van der Waals surface area contributed by atoms with Gasteiger partial charge in [-0.1, -0.05) is 6.07 Å². The molecule has 2 N–H and O–H groups in total. The lowest BCUT2D eigenvalue weighted by Crippen LogP contribution is -2.05. The summed E-state index contributed by atoms with van der Waals surface area (Å²) in [5, 5.41) is 16.1. The second kappa shape index (κ2) is 8.75. The minimum Gasteiger partial charge on any atom is -0.478 e. The number of halogens is 2. The average Bonchev–Trinajstić information content (AvgIpc) is 2.81. The van der Waals surface area contributed by atoms with E-state index in [0.717, 1.165) is 0 Å². The van der Waals surface area contributed by atoms with Crippen LogP contribution >= 0.6 is 23.2 Å². The molecule has 0 saturated heterocycles.